The maximum absolute atomic E-state index is 12.6. The third-order valence-electron chi connectivity index (χ3n) is 4.95. The van der Waals surface area contributed by atoms with Gasteiger partial charge in [-0.25, -0.2) is 14.4 Å². The number of hydrogen-bond donors (Lipinski definition) is 3. The molecule has 3 aromatic rings. The molecule has 10 heteroatoms. The fourth-order valence-corrected chi connectivity index (χ4v) is 3.73. The van der Waals surface area contributed by atoms with Gasteiger partial charge in [-0.1, -0.05) is 29.8 Å². The van der Waals surface area contributed by atoms with E-state index in [-0.39, 0.29) is 35.0 Å². The first-order chi connectivity index (χ1) is 14.8. The molecule has 0 unspecified atom stereocenters. The monoisotopic (exact) mass is 440 g/mol. The zero-order valence-electron chi connectivity index (χ0n) is 16.2. The van der Waals surface area contributed by atoms with Crippen molar-refractivity contribution < 1.29 is 15.0 Å². The highest BCUT2D eigenvalue weighted by Gasteiger charge is 2.34. The molecule has 158 valence electrons. The van der Waals surface area contributed by atoms with E-state index in [9.17, 15) is 24.6 Å². The summed E-state index contributed by atoms with van der Waals surface area (Å²) >= 11 is 5.99. The van der Waals surface area contributed by atoms with Crippen molar-refractivity contribution in [2.75, 3.05) is 0 Å². The second-order valence-electron chi connectivity index (χ2n) is 6.99. The average Bonchev–Trinajstić information content (AvgIpc) is 3.13. The first-order valence-corrected chi connectivity index (χ1v) is 9.65. The summed E-state index contributed by atoms with van der Waals surface area (Å²) in [6.45, 7) is 1.33. The summed E-state index contributed by atoms with van der Waals surface area (Å²) in [5.74, 6) is -0.906. The number of hydrogen-bond acceptors (Lipinski definition) is 6. The Morgan fingerprint density at radius 3 is 2.52 bits per heavy atom. The maximum Gasteiger partial charge on any atom is 0.335 e. The van der Waals surface area contributed by atoms with Gasteiger partial charge in [0.05, 0.1) is 17.4 Å². The molecule has 0 spiro atoms. The predicted octanol–water partition coefficient (Wildman–Crippen LogP) is 2.29. The molecule has 2 heterocycles. The molecule has 0 radical (unpaired) electrons. The summed E-state index contributed by atoms with van der Waals surface area (Å²) in [6.07, 6.45) is 0.120. The van der Waals surface area contributed by atoms with Gasteiger partial charge in [-0.2, -0.15) is 5.10 Å². The lowest BCUT2D eigenvalue weighted by Gasteiger charge is -2.20. The number of amides is 1. The van der Waals surface area contributed by atoms with Gasteiger partial charge in [-0.05, 0) is 35.9 Å². The van der Waals surface area contributed by atoms with Crippen LogP contribution in [0.25, 0.3) is 5.69 Å². The van der Waals surface area contributed by atoms with Crippen LogP contribution in [0, 0.1) is 0 Å². The standard InChI is InChI=1S/C21H17ClN4O5/c1-11(27)26-17(12-5-7-15(28)8-6-12)10-16(24-26)18-19(29)23-21(31)25(20(18)30)14-4-2-3-13(22)9-14/h2-9,17,28,30H,10H2,1H3,(H,23,29,31)/t17-/m1/s1. The molecule has 31 heavy (non-hydrogen) atoms. The number of aromatic amines is 1. The van der Waals surface area contributed by atoms with Gasteiger partial charge < -0.3 is 10.2 Å². The number of carbonyl (C=O) groups excluding carboxylic acids is 1. The van der Waals surface area contributed by atoms with Crippen LogP contribution in [0.2, 0.25) is 5.02 Å². The number of aromatic hydroxyl groups is 2. The Bertz CT molecular complexity index is 1330. The van der Waals surface area contributed by atoms with E-state index in [0.29, 0.717) is 10.6 Å². The summed E-state index contributed by atoms with van der Waals surface area (Å²) in [5, 5.41) is 26.2. The Morgan fingerprint density at radius 2 is 1.87 bits per heavy atom. The van der Waals surface area contributed by atoms with E-state index in [1.54, 1.807) is 30.3 Å². The number of carbonyl (C=O) groups is 1. The largest absolute Gasteiger partial charge is 0.508 e. The Morgan fingerprint density at radius 1 is 1.16 bits per heavy atom. The lowest BCUT2D eigenvalue weighted by molar-refractivity contribution is -0.130. The maximum atomic E-state index is 12.6. The van der Waals surface area contributed by atoms with Crippen LogP contribution in [0.15, 0.2) is 63.2 Å². The second-order valence-corrected chi connectivity index (χ2v) is 7.43. The highest BCUT2D eigenvalue weighted by atomic mass is 35.5. The number of H-pyrrole nitrogens is 1. The fourth-order valence-electron chi connectivity index (χ4n) is 3.55. The molecule has 9 nitrogen and oxygen atoms in total. The molecule has 1 aliphatic rings. The van der Waals surface area contributed by atoms with Crippen LogP contribution >= 0.6 is 11.6 Å². The normalized spacial score (nSPS) is 15.7. The van der Waals surface area contributed by atoms with Crippen molar-refractivity contribution in [3.05, 3.63) is 85.5 Å². The third-order valence-corrected chi connectivity index (χ3v) is 5.19. The summed E-state index contributed by atoms with van der Waals surface area (Å²) in [5.41, 5.74) is -0.801. The molecule has 3 N–H and O–H groups in total. The fraction of sp³-hybridized carbons (Fsp3) is 0.143. The molecule has 1 aromatic heterocycles. The van der Waals surface area contributed by atoms with Crippen molar-refractivity contribution in [3.63, 3.8) is 0 Å². The summed E-state index contributed by atoms with van der Waals surface area (Å²) in [4.78, 5) is 39.4. The molecular formula is C21H17ClN4O5. The molecule has 0 fully saturated rings. The number of halogens is 1. The highest BCUT2D eigenvalue weighted by molar-refractivity contribution is 6.30. The number of rotatable bonds is 3. The number of phenolic OH excluding ortho intramolecular Hbond substituents is 1. The number of phenols is 1. The molecule has 2 aromatic carbocycles. The Balaban J connectivity index is 1.84. The lowest BCUT2D eigenvalue weighted by atomic mass is 9.99. The SMILES string of the molecule is CC(=O)N1N=C(c2c(O)n(-c3cccc(Cl)c3)c(=O)[nH]c2=O)C[C@@H]1c1ccc(O)cc1. The number of nitrogens with zero attached hydrogens (tertiary/aromatic N) is 3. The minimum absolute atomic E-state index is 0.0694. The lowest BCUT2D eigenvalue weighted by Crippen LogP contribution is -2.33. The third kappa shape index (κ3) is 3.71. The Kier molecular flexibility index (Phi) is 5.12. The van der Waals surface area contributed by atoms with E-state index in [0.717, 1.165) is 4.57 Å². The number of hydrazone groups is 1. The number of benzene rings is 2. The molecule has 0 saturated heterocycles. The van der Waals surface area contributed by atoms with Gasteiger partial charge >= 0.3 is 5.69 Å². The minimum atomic E-state index is -0.842. The van der Waals surface area contributed by atoms with Gasteiger partial charge in [0.1, 0.15) is 11.3 Å². The zero-order valence-corrected chi connectivity index (χ0v) is 17.0. The Labute approximate surface area is 180 Å². The quantitative estimate of drug-likeness (QED) is 0.575. The van der Waals surface area contributed by atoms with Crippen LogP contribution < -0.4 is 11.2 Å². The van der Waals surface area contributed by atoms with Gasteiger partial charge in [0.15, 0.2) is 0 Å². The van der Waals surface area contributed by atoms with Crippen LogP contribution in [0.4, 0.5) is 0 Å². The van der Waals surface area contributed by atoms with E-state index in [4.69, 9.17) is 11.6 Å². The van der Waals surface area contributed by atoms with Crippen LogP contribution in [-0.2, 0) is 4.79 Å². The van der Waals surface area contributed by atoms with Crippen molar-refractivity contribution >= 4 is 23.2 Å². The summed E-state index contributed by atoms with van der Waals surface area (Å²) in [7, 11) is 0. The molecule has 1 aliphatic heterocycles. The van der Waals surface area contributed by atoms with E-state index in [1.807, 2.05) is 0 Å². The van der Waals surface area contributed by atoms with Gasteiger partial charge in [0.2, 0.25) is 11.8 Å². The van der Waals surface area contributed by atoms with Crippen molar-refractivity contribution in [1.82, 2.24) is 14.6 Å². The number of aromatic nitrogens is 2. The first-order valence-electron chi connectivity index (χ1n) is 9.27. The number of nitrogens with one attached hydrogen (secondary N) is 1. The summed E-state index contributed by atoms with van der Waals surface area (Å²) < 4.78 is 0.914. The van der Waals surface area contributed by atoms with Crippen molar-refractivity contribution in [2.24, 2.45) is 5.10 Å². The van der Waals surface area contributed by atoms with Crippen LogP contribution in [0.1, 0.15) is 30.5 Å². The molecule has 0 aliphatic carbocycles. The first kappa shape index (κ1) is 20.4. The van der Waals surface area contributed by atoms with Gasteiger partial charge in [0.25, 0.3) is 5.56 Å². The van der Waals surface area contributed by atoms with Gasteiger partial charge in [-0.3, -0.25) is 14.6 Å². The topological polar surface area (TPSA) is 128 Å². The summed E-state index contributed by atoms with van der Waals surface area (Å²) in [6, 6.07) is 11.9. The van der Waals surface area contributed by atoms with E-state index in [1.165, 1.54) is 30.1 Å². The minimum Gasteiger partial charge on any atom is -0.508 e. The molecule has 0 saturated carbocycles. The molecule has 1 amide bonds. The van der Waals surface area contributed by atoms with Crippen molar-refractivity contribution in [3.8, 4) is 17.3 Å². The van der Waals surface area contributed by atoms with E-state index >= 15 is 0 Å². The second kappa shape index (κ2) is 7.77. The van der Waals surface area contributed by atoms with Gasteiger partial charge in [0, 0.05) is 18.4 Å². The molecule has 1 atom stereocenters. The zero-order chi connectivity index (χ0) is 22.3. The molecule has 4 rings (SSSR count). The van der Waals surface area contributed by atoms with Crippen LogP contribution in [0.5, 0.6) is 11.6 Å². The Hall–Kier alpha value is -3.85. The van der Waals surface area contributed by atoms with Crippen LogP contribution in [-0.4, -0.2) is 36.4 Å². The van der Waals surface area contributed by atoms with E-state index in [2.05, 4.69) is 10.1 Å². The highest BCUT2D eigenvalue weighted by Crippen LogP contribution is 2.34. The molecular weight excluding hydrogens is 424 g/mol. The van der Waals surface area contributed by atoms with E-state index < -0.39 is 23.2 Å². The molecule has 0 bridgehead atoms. The smallest absolute Gasteiger partial charge is 0.335 e. The predicted molar refractivity (Wildman–Crippen MR) is 114 cm³/mol. The van der Waals surface area contributed by atoms with Crippen molar-refractivity contribution in [1.29, 1.82) is 0 Å². The van der Waals surface area contributed by atoms with Crippen LogP contribution in [0.3, 0.4) is 0 Å². The van der Waals surface area contributed by atoms with Gasteiger partial charge in [-0.15, -0.1) is 0 Å². The van der Waals surface area contributed by atoms with Crippen molar-refractivity contribution in [2.45, 2.75) is 19.4 Å². The average molecular weight is 441 g/mol.